The maximum atomic E-state index is 13.6. The highest BCUT2D eigenvalue weighted by atomic mass is 16.5. The molecule has 0 saturated carbocycles. The summed E-state index contributed by atoms with van der Waals surface area (Å²) >= 11 is 0. The molecule has 7 nitrogen and oxygen atoms in total. The van der Waals surface area contributed by atoms with E-state index in [4.69, 9.17) is 15.9 Å². The van der Waals surface area contributed by atoms with E-state index in [0.717, 1.165) is 57.5 Å². The lowest BCUT2D eigenvalue weighted by molar-refractivity contribution is 0.0213. The Morgan fingerprint density at radius 1 is 1.09 bits per heavy atom. The van der Waals surface area contributed by atoms with Crippen LogP contribution >= 0.6 is 0 Å². The second-order valence-corrected chi connectivity index (χ2v) is 9.81. The van der Waals surface area contributed by atoms with Gasteiger partial charge >= 0.3 is 6.03 Å². The molecule has 0 bridgehead atoms. The summed E-state index contributed by atoms with van der Waals surface area (Å²) in [6.07, 6.45) is 4.26. The molecule has 1 atom stereocenters. The van der Waals surface area contributed by atoms with Crippen molar-refractivity contribution in [1.29, 1.82) is 5.41 Å². The number of carbonyl (C=O) groups is 1. The number of nitrogens with two attached hydrogens (primary N) is 1. The van der Waals surface area contributed by atoms with Crippen molar-refractivity contribution in [3.8, 4) is 0 Å². The third-order valence-electron chi connectivity index (χ3n) is 7.07. The number of anilines is 1. The number of likely N-dealkylation sites (tertiary alicyclic amines) is 1. The van der Waals surface area contributed by atoms with E-state index < -0.39 is 0 Å². The molecule has 2 aliphatic rings. The van der Waals surface area contributed by atoms with Crippen molar-refractivity contribution >= 4 is 17.6 Å². The van der Waals surface area contributed by atoms with E-state index in [1.54, 1.807) is 11.0 Å². The van der Waals surface area contributed by atoms with Crippen molar-refractivity contribution in [2.75, 3.05) is 44.2 Å². The zero-order valence-electron chi connectivity index (χ0n) is 20.9. The third-order valence-corrected chi connectivity index (χ3v) is 7.07. The average molecular weight is 478 g/mol. The third kappa shape index (κ3) is 6.83. The highest BCUT2D eigenvalue weighted by molar-refractivity contribution is 5.98. The maximum Gasteiger partial charge on any atom is 0.324 e. The number of amides is 2. The van der Waals surface area contributed by atoms with Gasteiger partial charge in [0.15, 0.2) is 0 Å². The van der Waals surface area contributed by atoms with Gasteiger partial charge in [0.2, 0.25) is 0 Å². The number of nitrogens with zero attached hydrogens (tertiary/aromatic N) is 3. The minimum Gasteiger partial charge on any atom is -0.384 e. The SMILES string of the molecule is CCCCOC1CN(CC2CCN(Cc3ccccc3)CC2)C(=O)N(c2cccc(C(=N)N)c2)C1. The van der Waals surface area contributed by atoms with Crippen LogP contribution in [0.15, 0.2) is 54.6 Å². The molecule has 2 aromatic carbocycles. The van der Waals surface area contributed by atoms with Gasteiger partial charge in [0, 0.05) is 30.9 Å². The Bertz CT molecular complexity index is 974. The Morgan fingerprint density at radius 2 is 1.86 bits per heavy atom. The van der Waals surface area contributed by atoms with E-state index in [-0.39, 0.29) is 18.0 Å². The number of piperidine rings is 1. The molecule has 2 amide bonds. The van der Waals surface area contributed by atoms with Gasteiger partial charge in [-0.05, 0) is 56.0 Å². The van der Waals surface area contributed by atoms with Crippen LogP contribution in [0.1, 0.15) is 43.7 Å². The van der Waals surface area contributed by atoms with Gasteiger partial charge in [0.1, 0.15) is 5.84 Å². The quantitative estimate of drug-likeness (QED) is 0.303. The van der Waals surface area contributed by atoms with Crippen molar-refractivity contribution in [3.63, 3.8) is 0 Å². The number of hydrogen-bond donors (Lipinski definition) is 2. The molecule has 2 aliphatic heterocycles. The molecule has 4 rings (SSSR count). The van der Waals surface area contributed by atoms with Crippen LogP contribution in [0.25, 0.3) is 0 Å². The molecule has 2 fully saturated rings. The molecule has 2 heterocycles. The molecule has 0 spiro atoms. The Kier molecular flexibility index (Phi) is 8.77. The monoisotopic (exact) mass is 477 g/mol. The Balaban J connectivity index is 1.40. The molecule has 0 aliphatic carbocycles. The fourth-order valence-electron chi connectivity index (χ4n) is 5.02. The summed E-state index contributed by atoms with van der Waals surface area (Å²) in [4.78, 5) is 19.9. The van der Waals surface area contributed by atoms with Gasteiger partial charge in [-0.15, -0.1) is 0 Å². The van der Waals surface area contributed by atoms with Crippen molar-refractivity contribution in [1.82, 2.24) is 9.80 Å². The van der Waals surface area contributed by atoms with Crippen molar-refractivity contribution in [2.24, 2.45) is 11.7 Å². The molecule has 1 unspecified atom stereocenters. The maximum absolute atomic E-state index is 13.6. The van der Waals surface area contributed by atoms with Crippen LogP contribution in [0.4, 0.5) is 10.5 Å². The number of unbranched alkanes of at least 4 members (excludes halogenated alkanes) is 1. The number of nitrogen functional groups attached to an aromatic ring is 1. The van der Waals surface area contributed by atoms with E-state index in [0.29, 0.717) is 31.2 Å². The predicted molar refractivity (Wildman–Crippen MR) is 141 cm³/mol. The first-order valence-electron chi connectivity index (χ1n) is 12.9. The number of rotatable bonds is 10. The second kappa shape index (κ2) is 12.2. The molecule has 188 valence electrons. The molecule has 2 saturated heterocycles. The lowest BCUT2D eigenvalue weighted by Gasteiger charge is -2.42. The summed E-state index contributed by atoms with van der Waals surface area (Å²) < 4.78 is 6.19. The van der Waals surface area contributed by atoms with Crippen molar-refractivity contribution < 1.29 is 9.53 Å². The summed E-state index contributed by atoms with van der Waals surface area (Å²) in [5, 5.41) is 7.78. The first kappa shape index (κ1) is 25.2. The standard InChI is InChI=1S/C28H39N5O2/c1-2-3-16-35-26-20-32(28(34)33(21-26)25-11-7-10-24(17-25)27(29)30)19-23-12-14-31(15-13-23)18-22-8-5-4-6-9-22/h4-11,17,23,26H,2-3,12-16,18-21H2,1H3,(H3,29,30). The molecule has 0 radical (unpaired) electrons. The number of ether oxygens (including phenoxy) is 1. The lowest BCUT2D eigenvalue weighted by Crippen LogP contribution is -2.58. The number of benzene rings is 2. The summed E-state index contributed by atoms with van der Waals surface area (Å²) in [6, 6.07) is 18.1. The first-order valence-corrected chi connectivity index (χ1v) is 12.9. The van der Waals surface area contributed by atoms with Gasteiger partial charge in [-0.25, -0.2) is 4.79 Å². The minimum absolute atomic E-state index is 0.00572. The highest BCUT2D eigenvalue weighted by Gasteiger charge is 2.35. The number of nitrogens with one attached hydrogen (secondary N) is 1. The van der Waals surface area contributed by atoms with Crippen LogP contribution < -0.4 is 10.6 Å². The van der Waals surface area contributed by atoms with Crippen molar-refractivity contribution in [3.05, 3.63) is 65.7 Å². The fourth-order valence-corrected chi connectivity index (χ4v) is 5.02. The number of hydrogen-bond acceptors (Lipinski definition) is 4. The van der Waals surface area contributed by atoms with Gasteiger partial charge < -0.3 is 15.4 Å². The van der Waals surface area contributed by atoms with E-state index in [9.17, 15) is 4.79 Å². The van der Waals surface area contributed by atoms with Gasteiger partial charge in [-0.2, -0.15) is 0 Å². The first-order chi connectivity index (χ1) is 17.0. The van der Waals surface area contributed by atoms with Gasteiger partial charge in [-0.3, -0.25) is 15.2 Å². The lowest BCUT2D eigenvalue weighted by atomic mass is 9.95. The topological polar surface area (TPSA) is 85.9 Å². The van der Waals surface area contributed by atoms with Gasteiger partial charge in [-0.1, -0.05) is 55.8 Å². The van der Waals surface area contributed by atoms with Crippen LogP contribution in [0.5, 0.6) is 0 Å². The summed E-state index contributed by atoms with van der Waals surface area (Å²) in [5.41, 5.74) is 8.46. The van der Waals surface area contributed by atoms with Crippen LogP contribution in [0.3, 0.4) is 0 Å². The summed E-state index contributed by atoms with van der Waals surface area (Å²) in [5.74, 6) is 0.497. The molecule has 3 N–H and O–H groups in total. The van der Waals surface area contributed by atoms with Crippen LogP contribution in [0.2, 0.25) is 0 Å². The largest absolute Gasteiger partial charge is 0.384 e. The van der Waals surface area contributed by atoms with E-state index in [2.05, 4.69) is 42.2 Å². The van der Waals surface area contributed by atoms with Crippen molar-refractivity contribution in [2.45, 2.75) is 45.3 Å². The van der Waals surface area contributed by atoms with Gasteiger partial charge in [0.25, 0.3) is 0 Å². The molecular weight excluding hydrogens is 438 g/mol. The molecule has 2 aromatic rings. The Labute approximate surface area is 209 Å². The summed E-state index contributed by atoms with van der Waals surface area (Å²) in [7, 11) is 0. The predicted octanol–water partition coefficient (Wildman–Crippen LogP) is 4.31. The normalized spacial score (nSPS) is 19.8. The molecule has 7 heteroatoms. The number of amidine groups is 1. The molecular formula is C28H39N5O2. The van der Waals surface area contributed by atoms with Gasteiger partial charge in [0.05, 0.1) is 19.2 Å². The van der Waals surface area contributed by atoms with E-state index >= 15 is 0 Å². The van der Waals surface area contributed by atoms with Crippen LogP contribution in [-0.2, 0) is 11.3 Å². The highest BCUT2D eigenvalue weighted by Crippen LogP contribution is 2.26. The molecule has 0 aromatic heterocycles. The van der Waals surface area contributed by atoms with Crippen LogP contribution in [-0.4, -0.2) is 67.1 Å². The average Bonchev–Trinajstić information content (AvgIpc) is 2.88. The Morgan fingerprint density at radius 3 is 2.57 bits per heavy atom. The smallest absolute Gasteiger partial charge is 0.324 e. The Hall–Kier alpha value is -2.90. The number of urea groups is 1. The summed E-state index contributed by atoms with van der Waals surface area (Å²) in [6.45, 7) is 7.89. The molecule has 35 heavy (non-hydrogen) atoms. The van der Waals surface area contributed by atoms with Crippen LogP contribution in [0, 0.1) is 11.3 Å². The number of carbonyl (C=O) groups excluding carboxylic acids is 1. The fraction of sp³-hybridized carbons (Fsp3) is 0.500. The van der Waals surface area contributed by atoms with E-state index in [1.807, 2.05) is 23.1 Å². The second-order valence-electron chi connectivity index (χ2n) is 9.81. The zero-order chi connectivity index (χ0) is 24.6. The van der Waals surface area contributed by atoms with E-state index in [1.165, 1.54) is 5.56 Å². The zero-order valence-corrected chi connectivity index (χ0v) is 20.9. The minimum atomic E-state index is -0.0293.